The molecule has 0 fully saturated rings. The maximum Gasteiger partial charge on any atom is 0.323 e. The van der Waals surface area contributed by atoms with E-state index in [1.165, 1.54) is 0 Å². The molecule has 0 heterocycles. The van der Waals surface area contributed by atoms with Gasteiger partial charge in [0, 0.05) is 6.04 Å². The molecule has 0 aromatic heterocycles. The standard InChI is InChI=1S/C13H16N2O2/c1-3-10(2)15(9-13(16)17)12-7-5-4-6-11(12)8-14/h4-7,10H,3,9H2,1-2H3,(H,16,17). The van der Waals surface area contributed by atoms with Gasteiger partial charge >= 0.3 is 5.97 Å². The van der Waals surface area contributed by atoms with Crippen LogP contribution in [0.2, 0.25) is 0 Å². The van der Waals surface area contributed by atoms with Gasteiger partial charge in [0.05, 0.1) is 11.3 Å². The number of rotatable bonds is 5. The van der Waals surface area contributed by atoms with Crippen LogP contribution in [-0.2, 0) is 4.79 Å². The molecular weight excluding hydrogens is 216 g/mol. The number of anilines is 1. The molecule has 0 saturated carbocycles. The summed E-state index contributed by atoms with van der Waals surface area (Å²) in [5, 5.41) is 18.0. The van der Waals surface area contributed by atoms with E-state index in [0.717, 1.165) is 6.42 Å². The van der Waals surface area contributed by atoms with E-state index in [2.05, 4.69) is 6.07 Å². The number of nitriles is 1. The fraction of sp³-hybridized carbons (Fsp3) is 0.385. The zero-order valence-corrected chi connectivity index (χ0v) is 10.1. The Bertz CT molecular complexity index is 437. The summed E-state index contributed by atoms with van der Waals surface area (Å²) in [5.41, 5.74) is 1.20. The lowest BCUT2D eigenvalue weighted by atomic mass is 10.1. The molecule has 17 heavy (non-hydrogen) atoms. The van der Waals surface area contributed by atoms with Crippen LogP contribution < -0.4 is 4.90 Å². The van der Waals surface area contributed by atoms with Crippen molar-refractivity contribution in [2.75, 3.05) is 11.4 Å². The van der Waals surface area contributed by atoms with Crippen LogP contribution in [0.3, 0.4) is 0 Å². The van der Waals surface area contributed by atoms with Crippen molar-refractivity contribution in [3.63, 3.8) is 0 Å². The highest BCUT2D eigenvalue weighted by Crippen LogP contribution is 2.22. The molecule has 1 atom stereocenters. The first-order valence-corrected chi connectivity index (χ1v) is 5.57. The largest absolute Gasteiger partial charge is 0.480 e. The van der Waals surface area contributed by atoms with Crippen LogP contribution in [0.4, 0.5) is 5.69 Å². The minimum atomic E-state index is -0.891. The number of carboxylic acid groups (broad SMARTS) is 1. The van der Waals surface area contributed by atoms with Crippen molar-refractivity contribution in [1.29, 1.82) is 5.26 Å². The van der Waals surface area contributed by atoms with Crippen molar-refractivity contribution >= 4 is 11.7 Å². The van der Waals surface area contributed by atoms with Gasteiger partial charge in [-0.15, -0.1) is 0 Å². The molecular formula is C13H16N2O2. The molecule has 1 rings (SSSR count). The summed E-state index contributed by atoms with van der Waals surface area (Å²) < 4.78 is 0. The van der Waals surface area contributed by atoms with Crippen LogP contribution in [-0.4, -0.2) is 23.7 Å². The highest BCUT2D eigenvalue weighted by atomic mass is 16.4. The Morgan fingerprint density at radius 1 is 1.53 bits per heavy atom. The Morgan fingerprint density at radius 3 is 2.71 bits per heavy atom. The average molecular weight is 232 g/mol. The first-order valence-electron chi connectivity index (χ1n) is 5.57. The Morgan fingerprint density at radius 2 is 2.18 bits per heavy atom. The third-order valence-electron chi connectivity index (χ3n) is 2.76. The zero-order chi connectivity index (χ0) is 12.8. The van der Waals surface area contributed by atoms with E-state index < -0.39 is 5.97 Å². The second-order valence-corrected chi connectivity index (χ2v) is 3.91. The van der Waals surface area contributed by atoms with Crippen molar-refractivity contribution in [2.45, 2.75) is 26.3 Å². The summed E-state index contributed by atoms with van der Waals surface area (Å²) in [6, 6.07) is 9.25. The number of nitrogens with zero attached hydrogens (tertiary/aromatic N) is 2. The van der Waals surface area contributed by atoms with E-state index in [1.54, 1.807) is 23.1 Å². The Kier molecular flexibility index (Phi) is 4.53. The predicted octanol–water partition coefficient (Wildman–Crippen LogP) is 2.25. The summed E-state index contributed by atoms with van der Waals surface area (Å²) in [7, 11) is 0. The van der Waals surface area contributed by atoms with Crippen molar-refractivity contribution in [3.05, 3.63) is 29.8 Å². The van der Waals surface area contributed by atoms with Gasteiger partial charge in [0.15, 0.2) is 0 Å². The van der Waals surface area contributed by atoms with Crippen molar-refractivity contribution in [2.24, 2.45) is 0 Å². The Balaban J connectivity index is 3.12. The number of carboxylic acids is 1. The zero-order valence-electron chi connectivity index (χ0n) is 10.1. The molecule has 0 amide bonds. The molecule has 1 N–H and O–H groups in total. The summed E-state index contributed by atoms with van der Waals surface area (Å²) >= 11 is 0. The van der Waals surface area contributed by atoms with Crippen LogP contribution >= 0.6 is 0 Å². The van der Waals surface area contributed by atoms with E-state index in [9.17, 15) is 4.79 Å². The highest BCUT2D eigenvalue weighted by molar-refractivity contribution is 5.75. The summed E-state index contributed by atoms with van der Waals surface area (Å²) in [4.78, 5) is 12.6. The normalized spacial score (nSPS) is 11.6. The van der Waals surface area contributed by atoms with Crippen molar-refractivity contribution in [3.8, 4) is 6.07 Å². The van der Waals surface area contributed by atoms with E-state index >= 15 is 0 Å². The summed E-state index contributed by atoms with van der Waals surface area (Å²) in [6.07, 6.45) is 0.826. The monoisotopic (exact) mass is 232 g/mol. The SMILES string of the molecule is CCC(C)N(CC(=O)O)c1ccccc1C#N. The molecule has 1 aromatic carbocycles. The van der Waals surface area contributed by atoms with Gasteiger partial charge in [0.1, 0.15) is 12.6 Å². The van der Waals surface area contributed by atoms with E-state index in [4.69, 9.17) is 10.4 Å². The van der Waals surface area contributed by atoms with E-state index in [0.29, 0.717) is 11.3 Å². The first-order chi connectivity index (χ1) is 8.10. The van der Waals surface area contributed by atoms with Gasteiger partial charge in [0.25, 0.3) is 0 Å². The quantitative estimate of drug-likeness (QED) is 0.845. The highest BCUT2D eigenvalue weighted by Gasteiger charge is 2.18. The molecule has 0 radical (unpaired) electrons. The lowest BCUT2D eigenvalue weighted by Gasteiger charge is -2.29. The molecule has 0 saturated heterocycles. The number of carbonyl (C=O) groups is 1. The van der Waals surface area contributed by atoms with Gasteiger partial charge in [-0.1, -0.05) is 19.1 Å². The fourth-order valence-electron chi connectivity index (χ4n) is 1.66. The number of hydrogen-bond donors (Lipinski definition) is 1. The lowest BCUT2D eigenvalue weighted by molar-refractivity contribution is -0.135. The molecule has 0 aliphatic carbocycles. The third-order valence-corrected chi connectivity index (χ3v) is 2.76. The molecule has 4 heteroatoms. The van der Waals surface area contributed by atoms with Crippen LogP contribution in [0.15, 0.2) is 24.3 Å². The molecule has 4 nitrogen and oxygen atoms in total. The first kappa shape index (κ1) is 13.0. The van der Waals surface area contributed by atoms with Crippen molar-refractivity contribution < 1.29 is 9.90 Å². The number of para-hydroxylation sites is 1. The van der Waals surface area contributed by atoms with Gasteiger partial charge in [-0.2, -0.15) is 5.26 Å². The summed E-state index contributed by atoms with van der Waals surface area (Å²) in [5.74, 6) is -0.891. The molecule has 0 aliphatic heterocycles. The van der Waals surface area contributed by atoms with Crippen LogP contribution in [0.5, 0.6) is 0 Å². The van der Waals surface area contributed by atoms with Crippen LogP contribution in [0.1, 0.15) is 25.8 Å². The third kappa shape index (κ3) is 3.22. The topological polar surface area (TPSA) is 64.3 Å². The second-order valence-electron chi connectivity index (χ2n) is 3.91. The molecule has 0 spiro atoms. The molecule has 0 aliphatic rings. The average Bonchev–Trinajstić information content (AvgIpc) is 2.34. The van der Waals surface area contributed by atoms with Gasteiger partial charge in [-0.3, -0.25) is 4.79 Å². The molecule has 1 unspecified atom stereocenters. The summed E-state index contributed by atoms with van der Waals surface area (Å²) in [6.45, 7) is 3.86. The maximum atomic E-state index is 10.9. The molecule has 90 valence electrons. The van der Waals surface area contributed by atoms with Crippen LogP contribution in [0, 0.1) is 11.3 Å². The minimum Gasteiger partial charge on any atom is -0.480 e. The van der Waals surface area contributed by atoms with E-state index in [-0.39, 0.29) is 12.6 Å². The maximum absolute atomic E-state index is 10.9. The predicted molar refractivity (Wildman–Crippen MR) is 65.9 cm³/mol. The fourth-order valence-corrected chi connectivity index (χ4v) is 1.66. The van der Waals surface area contributed by atoms with Crippen molar-refractivity contribution in [1.82, 2.24) is 0 Å². The Hall–Kier alpha value is -2.02. The lowest BCUT2D eigenvalue weighted by Crippen LogP contribution is -2.37. The smallest absolute Gasteiger partial charge is 0.323 e. The van der Waals surface area contributed by atoms with E-state index in [1.807, 2.05) is 19.9 Å². The minimum absolute atomic E-state index is 0.0839. The number of hydrogen-bond acceptors (Lipinski definition) is 3. The van der Waals surface area contributed by atoms with Gasteiger partial charge in [-0.25, -0.2) is 0 Å². The molecule has 1 aromatic rings. The van der Waals surface area contributed by atoms with Gasteiger partial charge in [-0.05, 0) is 25.5 Å². The van der Waals surface area contributed by atoms with Gasteiger partial charge in [0.2, 0.25) is 0 Å². The molecule has 0 bridgehead atoms. The number of aliphatic carboxylic acids is 1. The number of benzene rings is 1. The second kappa shape index (κ2) is 5.90. The Labute approximate surface area is 101 Å². The van der Waals surface area contributed by atoms with Gasteiger partial charge < -0.3 is 10.0 Å². The van der Waals surface area contributed by atoms with Crippen LogP contribution in [0.25, 0.3) is 0 Å².